The predicted octanol–water partition coefficient (Wildman–Crippen LogP) is 5.19. The van der Waals surface area contributed by atoms with E-state index in [2.05, 4.69) is 36.9 Å². The maximum absolute atomic E-state index is 5.58. The number of fused-ring (bicyclic) bond motifs is 1. The highest BCUT2D eigenvalue weighted by Crippen LogP contribution is 2.56. The molecule has 138 valence electrons. The first-order valence-corrected chi connectivity index (χ1v) is 10.6. The Bertz CT molecular complexity index is 612. The summed E-state index contributed by atoms with van der Waals surface area (Å²) in [5.41, 5.74) is 3.70. The van der Waals surface area contributed by atoms with Crippen molar-refractivity contribution in [2.45, 2.75) is 76.7 Å². The zero-order valence-electron chi connectivity index (χ0n) is 16.4. The van der Waals surface area contributed by atoms with Crippen molar-refractivity contribution in [2.24, 2.45) is 11.8 Å². The summed E-state index contributed by atoms with van der Waals surface area (Å²) in [6.45, 7) is 7.35. The maximum Gasteiger partial charge on any atom is 0.119 e. The minimum Gasteiger partial charge on any atom is -0.497 e. The van der Waals surface area contributed by atoms with Crippen molar-refractivity contribution >= 4 is 0 Å². The average Bonchev–Trinajstić information content (AvgIpc) is 2.66. The molecular formula is C23H35NO. The van der Waals surface area contributed by atoms with Gasteiger partial charge in [-0.15, -0.1) is 0 Å². The number of piperidine rings is 1. The van der Waals surface area contributed by atoms with E-state index in [1.807, 2.05) is 0 Å². The molecule has 2 nitrogen and oxygen atoms in total. The molecule has 25 heavy (non-hydrogen) atoms. The van der Waals surface area contributed by atoms with Gasteiger partial charge in [0.2, 0.25) is 0 Å². The van der Waals surface area contributed by atoms with Gasteiger partial charge in [0.05, 0.1) is 7.11 Å². The second kappa shape index (κ2) is 6.95. The average molecular weight is 342 g/mol. The predicted molar refractivity (Wildman–Crippen MR) is 104 cm³/mol. The number of methoxy groups -OCH3 is 1. The van der Waals surface area contributed by atoms with Gasteiger partial charge in [0.15, 0.2) is 0 Å². The van der Waals surface area contributed by atoms with Crippen LogP contribution in [0.2, 0.25) is 0 Å². The SMILES string of the molecule is CCC(C)CCN1CC[C@]23CCCC[C@H]2[C@@H]1Cc1ccc(OC)cc13. The monoisotopic (exact) mass is 341 g/mol. The molecule has 0 aromatic heterocycles. The second-order valence-corrected chi connectivity index (χ2v) is 8.89. The van der Waals surface area contributed by atoms with Gasteiger partial charge < -0.3 is 4.74 Å². The van der Waals surface area contributed by atoms with Gasteiger partial charge in [-0.2, -0.15) is 0 Å². The molecule has 1 heterocycles. The molecule has 1 aliphatic heterocycles. The summed E-state index contributed by atoms with van der Waals surface area (Å²) >= 11 is 0. The van der Waals surface area contributed by atoms with Crippen LogP contribution < -0.4 is 4.74 Å². The molecule has 1 aromatic carbocycles. The molecule has 2 fully saturated rings. The maximum atomic E-state index is 5.58. The Hall–Kier alpha value is -1.02. The lowest BCUT2D eigenvalue weighted by molar-refractivity contribution is -0.0134. The van der Waals surface area contributed by atoms with Crippen LogP contribution in [0.4, 0.5) is 0 Å². The summed E-state index contributed by atoms with van der Waals surface area (Å²) in [5.74, 6) is 2.78. The molecule has 4 atom stereocenters. The van der Waals surface area contributed by atoms with Crippen LogP contribution in [-0.2, 0) is 11.8 Å². The number of hydrogen-bond acceptors (Lipinski definition) is 2. The molecule has 1 saturated carbocycles. The lowest BCUT2D eigenvalue weighted by Gasteiger charge is -2.59. The topological polar surface area (TPSA) is 12.5 Å². The van der Waals surface area contributed by atoms with Gasteiger partial charge in [-0.1, -0.05) is 39.2 Å². The van der Waals surface area contributed by atoms with Crippen molar-refractivity contribution in [1.82, 2.24) is 4.90 Å². The molecule has 0 spiro atoms. The first-order valence-electron chi connectivity index (χ1n) is 10.6. The van der Waals surface area contributed by atoms with E-state index in [0.29, 0.717) is 5.41 Å². The minimum absolute atomic E-state index is 0.442. The molecule has 1 aromatic rings. The largest absolute Gasteiger partial charge is 0.497 e. The van der Waals surface area contributed by atoms with Crippen LogP contribution in [0, 0.1) is 11.8 Å². The first kappa shape index (κ1) is 17.4. The normalized spacial score (nSPS) is 32.6. The Kier molecular flexibility index (Phi) is 4.83. The van der Waals surface area contributed by atoms with E-state index in [0.717, 1.165) is 23.6 Å². The van der Waals surface area contributed by atoms with E-state index < -0.39 is 0 Å². The van der Waals surface area contributed by atoms with Crippen molar-refractivity contribution in [3.63, 3.8) is 0 Å². The van der Waals surface area contributed by atoms with Crippen molar-refractivity contribution in [3.05, 3.63) is 29.3 Å². The Labute approximate surface area is 153 Å². The Balaban J connectivity index is 1.66. The molecular weight excluding hydrogens is 306 g/mol. The Morgan fingerprint density at radius 2 is 2.16 bits per heavy atom. The van der Waals surface area contributed by atoms with Gasteiger partial charge in [0.1, 0.15) is 5.75 Å². The van der Waals surface area contributed by atoms with Gasteiger partial charge in [0.25, 0.3) is 0 Å². The van der Waals surface area contributed by atoms with E-state index in [-0.39, 0.29) is 0 Å². The molecule has 0 radical (unpaired) electrons. The number of ether oxygens (including phenoxy) is 1. The van der Waals surface area contributed by atoms with E-state index in [4.69, 9.17) is 4.74 Å². The number of rotatable bonds is 5. The molecule has 2 heteroatoms. The van der Waals surface area contributed by atoms with Crippen molar-refractivity contribution in [3.8, 4) is 5.75 Å². The summed E-state index contributed by atoms with van der Waals surface area (Å²) < 4.78 is 5.58. The van der Waals surface area contributed by atoms with E-state index in [1.165, 1.54) is 64.5 Å². The van der Waals surface area contributed by atoms with Gasteiger partial charge in [0, 0.05) is 11.5 Å². The van der Waals surface area contributed by atoms with E-state index in [9.17, 15) is 0 Å². The molecule has 0 N–H and O–H groups in total. The zero-order chi connectivity index (χ0) is 17.4. The summed E-state index contributed by atoms with van der Waals surface area (Å²) in [4.78, 5) is 2.87. The van der Waals surface area contributed by atoms with Crippen LogP contribution in [0.1, 0.15) is 69.9 Å². The van der Waals surface area contributed by atoms with Crippen LogP contribution in [0.3, 0.4) is 0 Å². The highest BCUT2D eigenvalue weighted by atomic mass is 16.5. The van der Waals surface area contributed by atoms with Gasteiger partial charge in [-0.25, -0.2) is 0 Å². The third-order valence-electron chi connectivity index (χ3n) is 7.76. The fourth-order valence-corrected chi connectivity index (χ4v) is 6.06. The summed E-state index contributed by atoms with van der Waals surface area (Å²) in [5, 5.41) is 0. The van der Waals surface area contributed by atoms with E-state index >= 15 is 0 Å². The van der Waals surface area contributed by atoms with Crippen LogP contribution in [0.25, 0.3) is 0 Å². The van der Waals surface area contributed by atoms with Gasteiger partial charge >= 0.3 is 0 Å². The molecule has 3 aliphatic rings. The fourth-order valence-electron chi connectivity index (χ4n) is 6.06. The van der Waals surface area contributed by atoms with Crippen molar-refractivity contribution in [2.75, 3.05) is 20.2 Å². The third-order valence-corrected chi connectivity index (χ3v) is 7.76. The number of hydrogen-bond donors (Lipinski definition) is 0. The quantitative estimate of drug-likeness (QED) is 0.731. The van der Waals surface area contributed by atoms with E-state index in [1.54, 1.807) is 18.2 Å². The smallest absolute Gasteiger partial charge is 0.119 e. The van der Waals surface area contributed by atoms with Crippen LogP contribution >= 0.6 is 0 Å². The lowest BCUT2D eigenvalue weighted by Crippen LogP contribution is -2.61. The molecule has 4 rings (SSSR count). The Morgan fingerprint density at radius 3 is 2.96 bits per heavy atom. The summed E-state index contributed by atoms with van der Waals surface area (Å²) in [7, 11) is 1.81. The lowest BCUT2D eigenvalue weighted by atomic mass is 9.52. The molecule has 0 amide bonds. The Morgan fingerprint density at radius 1 is 1.28 bits per heavy atom. The standard InChI is InChI=1S/C23H35NO/c1-4-17(2)10-13-24-14-12-23-11-6-5-7-20(23)22(24)15-18-8-9-19(25-3)16-21(18)23/h8-9,16-17,20,22H,4-7,10-15H2,1-3H3/t17?,20-,22-,23+/m0/s1. The van der Waals surface area contributed by atoms with Crippen molar-refractivity contribution in [1.29, 1.82) is 0 Å². The van der Waals surface area contributed by atoms with Crippen LogP contribution in [0.15, 0.2) is 18.2 Å². The zero-order valence-corrected chi connectivity index (χ0v) is 16.4. The van der Waals surface area contributed by atoms with Crippen LogP contribution in [-0.4, -0.2) is 31.1 Å². The van der Waals surface area contributed by atoms with Gasteiger partial charge in [-0.3, -0.25) is 4.90 Å². The molecule has 2 bridgehead atoms. The summed E-state index contributed by atoms with van der Waals surface area (Å²) in [6, 6.07) is 7.71. The third kappa shape index (κ3) is 2.91. The fraction of sp³-hybridized carbons (Fsp3) is 0.739. The number of benzene rings is 1. The van der Waals surface area contributed by atoms with Crippen molar-refractivity contribution < 1.29 is 4.74 Å². The molecule has 1 saturated heterocycles. The molecule has 1 unspecified atom stereocenters. The number of nitrogens with zero attached hydrogens (tertiary/aromatic N) is 1. The minimum atomic E-state index is 0.442. The second-order valence-electron chi connectivity index (χ2n) is 8.89. The number of likely N-dealkylation sites (tertiary alicyclic amines) is 1. The highest BCUT2D eigenvalue weighted by Gasteiger charge is 2.53. The molecule has 2 aliphatic carbocycles. The highest BCUT2D eigenvalue weighted by molar-refractivity contribution is 5.45. The van der Waals surface area contributed by atoms with Crippen LogP contribution in [0.5, 0.6) is 5.75 Å². The van der Waals surface area contributed by atoms with Gasteiger partial charge in [-0.05, 0) is 80.3 Å². The summed E-state index contributed by atoms with van der Waals surface area (Å²) in [6.07, 6.45) is 11.0. The first-order chi connectivity index (χ1) is 12.2.